The van der Waals surface area contributed by atoms with Gasteiger partial charge in [-0.25, -0.2) is 0 Å². The molecular weight excluding hydrogens is 130 g/mol. The van der Waals surface area contributed by atoms with Crippen LogP contribution in [0.5, 0.6) is 0 Å². The number of carboxylic acid groups (broad SMARTS) is 1. The molecule has 0 aromatic carbocycles. The van der Waals surface area contributed by atoms with Gasteiger partial charge in [-0.3, -0.25) is 4.79 Å². The number of rotatable bonds is 1. The van der Waals surface area contributed by atoms with Crippen LogP contribution in [0.2, 0.25) is 0 Å². The number of aliphatic carboxylic acids is 1. The average molecular weight is 143 g/mol. The summed E-state index contributed by atoms with van der Waals surface area (Å²) in [7, 11) is 0. The number of hydrogen-bond donors (Lipinski definition) is 2. The third-order valence-corrected chi connectivity index (χ3v) is 2.14. The van der Waals surface area contributed by atoms with Gasteiger partial charge in [0.15, 0.2) is 0 Å². The maximum Gasteiger partial charge on any atom is 0.308 e. The van der Waals surface area contributed by atoms with E-state index in [0.29, 0.717) is 12.5 Å². The molecule has 0 aromatic rings. The van der Waals surface area contributed by atoms with Crippen LogP contribution in [-0.2, 0) is 4.79 Å². The molecule has 1 heterocycles. The summed E-state index contributed by atoms with van der Waals surface area (Å²) < 4.78 is 0. The van der Waals surface area contributed by atoms with Crippen molar-refractivity contribution in [2.45, 2.75) is 13.3 Å². The lowest BCUT2D eigenvalue weighted by Crippen LogP contribution is -2.39. The number of piperidine rings is 1. The van der Waals surface area contributed by atoms with E-state index in [1.54, 1.807) is 0 Å². The van der Waals surface area contributed by atoms with Gasteiger partial charge in [0.05, 0.1) is 5.92 Å². The van der Waals surface area contributed by atoms with E-state index in [9.17, 15) is 4.79 Å². The predicted molar refractivity (Wildman–Crippen MR) is 37.8 cm³/mol. The van der Waals surface area contributed by atoms with Gasteiger partial charge in [0.2, 0.25) is 0 Å². The Balaban J connectivity index is 2.47. The monoisotopic (exact) mass is 143 g/mol. The Morgan fingerprint density at radius 3 is 2.80 bits per heavy atom. The first-order valence-electron chi connectivity index (χ1n) is 3.65. The number of carbonyl (C=O) groups is 1. The minimum atomic E-state index is -0.667. The molecule has 3 nitrogen and oxygen atoms in total. The number of carboxylic acids is 1. The van der Waals surface area contributed by atoms with Crippen LogP contribution in [0, 0.1) is 11.8 Å². The fourth-order valence-electron chi connectivity index (χ4n) is 1.32. The fraction of sp³-hybridized carbons (Fsp3) is 0.857. The molecule has 1 aliphatic rings. The second-order valence-electron chi connectivity index (χ2n) is 2.91. The van der Waals surface area contributed by atoms with Gasteiger partial charge in [0, 0.05) is 6.54 Å². The highest BCUT2D eigenvalue weighted by Crippen LogP contribution is 2.17. The molecule has 58 valence electrons. The molecule has 2 atom stereocenters. The topological polar surface area (TPSA) is 49.3 Å². The van der Waals surface area contributed by atoms with Gasteiger partial charge in [-0.05, 0) is 18.9 Å². The Hall–Kier alpha value is -0.570. The lowest BCUT2D eigenvalue weighted by molar-refractivity contribution is -0.143. The first-order valence-corrected chi connectivity index (χ1v) is 3.65. The Morgan fingerprint density at radius 1 is 1.70 bits per heavy atom. The Labute approximate surface area is 60.4 Å². The number of hydrogen-bond acceptors (Lipinski definition) is 2. The zero-order valence-electron chi connectivity index (χ0n) is 6.13. The molecule has 1 fully saturated rings. The first-order chi connectivity index (χ1) is 4.72. The van der Waals surface area contributed by atoms with Crippen molar-refractivity contribution < 1.29 is 9.90 Å². The summed E-state index contributed by atoms with van der Waals surface area (Å²) in [4.78, 5) is 10.5. The van der Waals surface area contributed by atoms with Crippen molar-refractivity contribution in [3.05, 3.63) is 0 Å². The van der Waals surface area contributed by atoms with Crippen molar-refractivity contribution in [3.63, 3.8) is 0 Å². The summed E-state index contributed by atoms with van der Waals surface area (Å²) in [5, 5.41) is 11.7. The van der Waals surface area contributed by atoms with Crippen LogP contribution in [0.4, 0.5) is 0 Å². The van der Waals surface area contributed by atoms with Crippen LogP contribution in [0.25, 0.3) is 0 Å². The highest BCUT2D eigenvalue weighted by Gasteiger charge is 2.26. The van der Waals surface area contributed by atoms with E-state index in [2.05, 4.69) is 5.32 Å². The Kier molecular flexibility index (Phi) is 2.27. The summed E-state index contributed by atoms with van der Waals surface area (Å²) in [6, 6.07) is 0. The van der Waals surface area contributed by atoms with Crippen LogP contribution < -0.4 is 5.32 Å². The van der Waals surface area contributed by atoms with Crippen molar-refractivity contribution in [1.82, 2.24) is 5.32 Å². The van der Waals surface area contributed by atoms with E-state index in [1.807, 2.05) is 6.92 Å². The summed E-state index contributed by atoms with van der Waals surface area (Å²) >= 11 is 0. The molecule has 0 bridgehead atoms. The zero-order chi connectivity index (χ0) is 7.56. The second-order valence-corrected chi connectivity index (χ2v) is 2.91. The van der Waals surface area contributed by atoms with Crippen LogP contribution in [0.1, 0.15) is 13.3 Å². The highest BCUT2D eigenvalue weighted by molar-refractivity contribution is 5.70. The molecule has 0 aromatic heterocycles. The second kappa shape index (κ2) is 3.01. The molecule has 0 radical (unpaired) electrons. The SMILES string of the molecule is C[C@H]1CCNC[C@@H]1C(=O)O. The maximum absolute atomic E-state index is 10.5. The standard InChI is InChI=1S/C7H13NO2/c1-5-2-3-8-4-6(5)7(9)10/h5-6,8H,2-4H2,1H3,(H,9,10)/t5-,6-/m0/s1. The average Bonchev–Trinajstić information content (AvgIpc) is 1.88. The van der Waals surface area contributed by atoms with Crippen molar-refractivity contribution in [2.24, 2.45) is 11.8 Å². The quantitative estimate of drug-likeness (QED) is 0.555. The lowest BCUT2D eigenvalue weighted by Gasteiger charge is -2.25. The van der Waals surface area contributed by atoms with Gasteiger partial charge in [0.1, 0.15) is 0 Å². The summed E-state index contributed by atoms with van der Waals surface area (Å²) in [6.07, 6.45) is 0.983. The lowest BCUT2D eigenvalue weighted by atomic mass is 9.88. The molecule has 0 spiro atoms. The summed E-state index contributed by atoms with van der Waals surface area (Å²) in [6.45, 7) is 3.60. The summed E-state index contributed by atoms with van der Waals surface area (Å²) in [5.74, 6) is -0.507. The van der Waals surface area contributed by atoms with Crippen LogP contribution in [0.3, 0.4) is 0 Å². The molecule has 1 aliphatic heterocycles. The zero-order valence-corrected chi connectivity index (χ0v) is 6.13. The van der Waals surface area contributed by atoms with Gasteiger partial charge in [-0.2, -0.15) is 0 Å². The molecule has 1 saturated heterocycles. The largest absolute Gasteiger partial charge is 0.481 e. The minimum Gasteiger partial charge on any atom is -0.481 e. The van der Waals surface area contributed by atoms with E-state index >= 15 is 0 Å². The molecule has 10 heavy (non-hydrogen) atoms. The van der Waals surface area contributed by atoms with E-state index in [4.69, 9.17) is 5.11 Å². The van der Waals surface area contributed by atoms with Crippen LogP contribution in [0.15, 0.2) is 0 Å². The fourth-order valence-corrected chi connectivity index (χ4v) is 1.32. The van der Waals surface area contributed by atoms with Crippen molar-refractivity contribution >= 4 is 5.97 Å². The van der Waals surface area contributed by atoms with E-state index in [0.717, 1.165) is 13.0 Å². The molecule has 3 heteroatoms. The van der Waals surface area contributed by atoms with Gasteiger partial charge in [-0.15, -0.1) is 0 Å². The van der Waals surface area contributed by atoms with Gasteiger partial charge < -0.3 is 10.4 Å². The molecule has 0 unspecified atom stereocenters. The molecule has 0 saturated carbocycles. The predicted octanol–water partition coefficient (Wildman–Crippen LogP) is 0.317. The van der Waals surface area contributed by atoms with Crippen LogP contribution in [-0.4, -0.2) is 24.2 Å². The molecule has 2 N–H and O–H groups in total. The Morgan fingerprint density at radius 2 is 2.40 bits per heavy atom. The van der Waals surface area contributed by atoms with Crippen molar-refractivity contribution in [2.75, 3.05) is 13.1 Å². The molecule has 1 rings (SSSR count). The van der Waals surface area contributed by atoms with E-state index < -0.39 is 5.97 Å². The maximum atomic E-state index is 10.5. The summed E-state index contributed by atoms with van der Waals surface area (Å²) in [5.41, 5.74) is 0. The molecular formula is C7H13NO2. The van der Waals surface area contributed by atoms with Gasteiger partial charge >= 0.3 is 5.97 Å². The van der Waals surface area contributed by atoms with Crippen molar-refractivity contribution in [1.29, 1.82) is 0 Å². The van der Waals surface area contributed by atoms with E-state index in [-0.39, 0.29) is 5.92 Å². The molecule has 0 aliphatic carbocycles. The molecule has 0 amide bonds. The van der Waals surface area contributed by atoms with Crippen molar-refractivity contribution in [3.8, 4) is 0 Å². The van der Waals surface area contributed by atoms with Gasteiger partial charge in [-0.1, -0.05) is 6.92 Å². The van der Waals surface area contributed by atoms with Gasteiger partial charge in [0.25, 0.3) is 0 Å². The third kappa shape index (κ3) is 1.48. The van der Waals surface area contributed by atoms with E-state index in [1.165, 1.54) is 0 Å². The highest BCUT2D eigenvalue weighted by atomic mass is 16.4. The normalized spacial score (nSPS) is 33.7. The third-order valence-electron chi connectivity index (χ3n) is 2.14. The Bertz CT molecular complexity index is 136. The smallest absolute Gasteiger partial charge is 0.308 e. The minimum absolute atomic E-state index is 0.172. The number of nitrogens with one attached hydrogen (secondary N) is 1. The first kappa shape index (κ1) is 7.54. The van der Waals surface area contributed by atoms with Crippen LogP contribution >= 0.6 is 0 Å².